The molecule has 1 atom stereocenters. The highest BCUT2D eigenvalue weighted by atomic mass is 19.1. The number of rotatable bonds is 5. The molecule has 0 aliphatic rings. The Labute approximate surface area is 126 Å². The van der Waals surface area contributed by atoms with Gasteiger partial charge < -0.3 is 4.90 Å². The molecule has 1 aromatic heterocycles. The van der Waals surface area contributed by atoms with E-state index in [1.807, 2.05) is 39.2 Å². The van der Waals surface area contributed by atoms with Gasteiger partial charge in [0.1, 0.15) is 0 Å². The van der Waals surface area contributed by atoms with Crippen molar-refractivity contribution >= 4 is 17.8 Å². The maximum Gasteiger partial charge on any atom is 0.298 e. The largest absolute Gasteiger partial charge is 0.378 e. The summed E-state index contributed by atoms with van der Waals surface area (Å²) in [6.45, 7) is 1.84. The van der Waals surface area contributed by atoms with Gasteiger partial charge in [-0.3, -0.25) is 0 Å². The van der Waals surface area contributed by atoms with Gasteiger partial charge in [0.2, 0.25) is 0 Å². The van der Waals surface area contributed by atoms with Crippen molar-refractivity contribution in [2.75, 3.05) is 19.0 Å². The molecule has 0 aliphatic heterocycles. The Bertz CT molecular complexity index is 586. The van der Waals surface area contributed by atoms with Crippen LogP contribution in [0.5, 0.6) is 0 Å². The minimum absolute atomic E-state index is 0.484. The van der Waals surface area contributed by atoms with E-state index in [0.29, 0.717) is 6.42 Å². The number of anilines is 1. The molecule has 1 unspecified atom stereocenters. The number of aromatic nitrogens is 1. The average molecular weight is 285 g/mol. The molecule has 2 aromatic rings. The Morgan fingerprint density at radius 3 is 2.00 bits per heavy atom. The minimum Gasteiger partial charge on any atom is -0.378 e. The number of pyridine rings is 1. The second-order valence-corrected chi connectivity index (χ2v) is 5.24. The fourth-order valence-electron chi connectivity index (χ4n) is 2.03. The molecule has 110 valence electrons. The lowest BCUT2D eigenvalue weighted by Crippen LogP contribution is -2.35. The summed E-state index contributed by atoms with van der Waals surface area (Å²) in [6, 6.07) is 12.2. The van der Waals surface area contributed by atoms with E-state index in [2.05, 4.69) is 35.2 Å². The van der Waals surface area contributed by atoms with Gasteiger partial charge in [-0.05, 0) is 23.3 Å². The molecule has 21 heavy (non-hydrogen) atoms. The van der Waals surface area contributed by atoms with Gasteiger partial charge in [-0.15, -0.1) is 0 Å². The first-order valence-corrected chi connectivity index (χ1v) is 7.20. The summed E-state index contributed by atoms with van der Waals surface area (Å²) in [5.74, 6) is 0. The van der Waals surface area contributed by atoms with Crippen molar-refractivity contribution in [2.45, 2.75) is 19.6 Å². The van der Waals surface area contributed by atoms with Crippen LogP contribution in [0.15, 0.2) is 48.8 Å². The smallest absolute Gasteiger partial charge is 0.298 e. The second kappa shape index (κ2) is 7.02. The summed E-state index contributed by atoms with van der Waals surface area (Å²) in [5, 5.41) is 0. The van der Waals surface area contributed by atoms with Gasteiger partial charge in [0.05, 0.1) is 0 Å². The lowest BCUT2D eigenvalue weighted by atomic mass is 10.1. The minimum atomic E-state index is -0.943. The van der Waals surface area contributed by atoms with E-state index in [4.69, 9.17) is 0 Å². The van der Waals surface area contributed by atoms with E-state index >= 15 is 0 Å². The van der Waals surface area contributed by atoms with Gasteiger partial charge in [0, 0.05) is 38.3 Å². The predicted molar refractivity (Wildman–Crippen MR) is 86.8 cm³/mol. The fraction of sp³-hybridized carbons (Fsp3) is 0.278. The van der Waals surface area contributed by atoms with Gasteiger partial charge in [0.25, 0.3) is 6.30 Å². The monoisotopic (exact) mass is 285 g/mol. The third-order valence-corrected chi connectivity index (χ3v) is 3.42. The summed E-state index contributed by atoms with van der Waals surface area (Å²) < 4.78 is 15.1. The maximum absolute atomic E-state index is 13.5. The molecule has 0 saturated heterocycles. The average Bonchev–Trinajstić information content (AvgIpc) is 2.53. The molecular formula is C18H22FN2+. The number of benzene rings is 1. The van der Waals surface area contributed by atoms with Crippen LogP contribution in [0.1, 0.15) is 30.8 Å². The normalized spacial score (nSPS) is 12.6. The third kappa shape index (κ3) is 4.15. The first-order chi connectivity index (χ1) is 10.1. The van der Waals surface area contributed by atoms with Crippen LogP contribution in [-0.2, 0) is 0 Å². The molecule has 0 spiro atoms. The van der Waals surface area contributed by atoms with Crippen molar-refractivity contribution in [3.8, 4) is 0 Å². The highest BCUT2D eigenvalue weighted by Crippen LogP contribution is 2.14. The molecule has 0 radical (unpaired) electrons. The molecule has 2 rings (SSSR count). The summed E-state index contributed by atoms with van der Waals surface area (Å²) >= 11 is 0. The summed E-state index contributed by atoms with van der Waals surface area (Å²) in [7, 11) is 4.05. The number of nitrogens with zero attached hydrogens (tertiary/aromatic N) is 2. The predicted octanol–water partition coefficient (Wildman–Crippen LogP) is 4.09. The molecular weight excluding hydrogens is 263 g/mol. The Kier molecular flexibility index (Phi) is 5.09. The lowest BCUT2D eigenvalue weighted by molar-refractivity contribution is -0.747. The van der Waals surface area contributed by atoms with Crippen molar-refractivity contribution in [3.63, 3.8) is 0 Å². The van der Waals surface area contributed by atoms with E-state index in [1.165, 1.54) is 5.69 Å². The topological polar surface area (TPSA) is 7.12 Å². The van der Waals surface area contributed by atoms with Crippen LogP contribution in [0.2, 0.25) is 0 Å². The molecule has 0 amide bonds. The first-order valence-electron chi connectivity index (χ1n) is 7.20. The van der Waals surface area contributed by atoms with Crippen LogP contribution < -0.4 is 9.47 Å². The molecule has 0 aliphatic carbocycles. The molecule has 0 fully saturated rings. The zero-order chi connectivity index (χ0) is 15.2. The molecule has 1 heterocycles. The van der Waals surface area contributed by atoms with Crippen LogP contribution in [0.4, 0.5) is 10.1 Å². The van der Waals surface area contributed by atoms with Gasteiger partial charge in [-0.2, -0.15) is 8.96 Å². The molecule has 2 nitrogen and oxygen atoms in total. The Morgan fingerprint density at radius 2 is 1.52 bits per heavy atom. The van der Waals surface area contributed by atoms with E-state index in [-0.39, 0.29) is 0 Å². The quantitative estimate of drug-likeness (QED) is 0.751. The van der Waals surface area contributed by atoms with E-state index in [1.54, 1.807) is 17.0 Å². The highest BCUT2D eigenvalue weighted by Gasteiger charge is 2.12. The molecule has 3 heteroatoms. The molecule has 0 bridgehead atoms. The van der Waals surface area contributed by atoms with Crippen molar-refractivity contribution in [3.05, 3.63) is 59.9 Å². The Hall–Kier alpha value is -2.16. The zero-order valence-electron chi connectivity index (χ0n) is 12.8. The maximum atomic E-state index is 13.5. The number of hydrogen-bond donors (Lipinski definition) is 0. The molecule has 1 aromatic carbocycles. The Morgan fingerprint density at radius 1 is 1.00 bits per heavy atom. The van der Waals surface area contributed by atoms with Gasteiger partial charge in [-0.1, -0.05) is 31.2 Å². The van der Waals surface area contributed by atoms with Crippen molar-refractivity contribution < 1.29 is 8.96 Å². The van der Waals surface area contributed by atoms with Gasteiger partial charge >= 0.3 is 0 Å². The van der Waals surface area contributed by atoms with E-state index in [0.717, 1.165) is 11.1 Å². The number of alkyl halides is 1. The van der Waals surface area contributed by atoms with Crippen LogP contribution in [0.3, 0.4) is 0 Å². The highest BCUT2D eigenvalue weighted by molar-refractivity contribution is 5.70. The van der Waals surface area contributed by atoms with Crippen molar-refractivity contribution in [1.82, 2.24) is 0 Å². The summed E-state index contributed by atoms with van der Waals surface area (Å²) in [6.07, 6.45) is 7.20. The van der Waals surface area contributed by atoms with Crippen molar-refractivity contribution in [1.29, 1.82) is 0 Å². The SMILES string of the molecule is CCC(F)[n+]1ccc(/C=C/c2ccc(N(C)C)cc2)cc1. The number of hydrogen-bond acceptors (Lipinski definition) is 1. The summed E-state index contributed by atoms with van der Waals surface area (Å²) in [4.78, 5) is 2.07. The molecule has 0 N–H and O–H groups in total. The Balaban J connectivity index is 2.06. The summed E-state index contributed by atoms with van der Waals surface area (Å²) in [5.41, 5.74) is 3.39. The molecule has 0 saturated carbocycles. The van der Waals surface area contributed by atoms with Crippen molar-refractivity contribution in [2.24, 2.45) is 0 Å². The van der Waals surface area contributed by atoms with Crippen LogP contribution in [0.25, 0.3) is 12.2 Å². The van der Waals surface area contributed by atoms with Crippen LogP contribution in [-0.4, -0.2) is 14.1 Å². The number of halogens is 1. The van der Waals surface area contributed by atoms with Crippen LogP contribution in [0, 0.1) is 0 Å². The van der Waals surface area contributed by atoms with Gasteiger partial charge in [0.15, 0.2) is 12.4 Å². The van der Waals surface area contributed by atoms with Crippen LogP contribution >= 0.6 is 0 Å². The third-order valence-electron chi connectivity index (χ3n) is 3.42. The zero-order valence-corrected chi connectivity index (χ0v) is 12.8. The standard InChI is InChI=1S/C18H22FN2/c1-4-18(19)21-13-11-16(12-14-21)6-5-15-7-9-17(10-8-15)20(2)3/h5-14,18H,4H2,1-3H3/q+1. The second-order valence-electron chi connectivity index (χ2n) is 5.24. The fourth-order valence-corrected chi connectivity index (χ4v) is 2.03. The van der Waals surface area contributed by atoms with E-state index in [9.17, 15) is 4.39 Å². The first kappa shape index (κ1) is 15.2. The van der Waals surface area contributed by atoms with Gasteiger partial charge in [-0.25, -0.2) is 0 Å². The lowest BCUT2D eigenvalue weighted by Gasteiger charge is -2.11. The van der Waals surface area contributed by atoms with E-state index < -0.39 is 6.30 Å².